The minimum Gasteiger partial charge on any atom is -0.487 e. The van der Waals surface area contributed by atoms with Gasteiger partial charge in [0.15, 0.2) is 5.65 Å². The van der Waals surface area contributed by atoms with Crippen molar-refractivity contribution in [2.24, 2.45) is 0 Å². The van der Waals surface area contributed by atoms with E-state index in [1.807, 2.05) is 43.3 Å². The van der Waals surface area contributed by atoms with Gasteiger partial charge in [-0.25, -0.2) is 14.2 Å². The molecule has 10 nitrogen and oxygen atoms in total. The lowest BCUT2D eigenvalue weighted by Gasteiger charge is -2.14. The molecule has 156 valence electrons. The number of aromatic nitrogens is 8. The molecule has 1 unspecified atom stereocenters. The van der Waals surface area contributed by atoms with Crippen LogP contribution in [-0.2, 0) is 6.54 Å². The summed E-state index contributed by atoms with van der Waals surface area (Å²) in [5, 5.41) is 25.3. The van der Waals surface area contributed by atoms with E-state index < -0.39 is 0 Å². The Bertz CT molecular complexity index is 1420. The molecule has 1 aromatic carbocycles. The maximum atomic E-state index is 9.47. The van der Waals surface area contributed by atoms with E-state index in [0.29, 0.717) is 29.2 Å². The van der Waals surface area contributed by atoms with Crippen LogP contribution in [0.15, 0.2) is 67.4 Å². The number of pyridine rings is 1. The monoisotopic (exact) mass is 423 g/mol. The Balaban J connectivity index is 1.46. The third-order valence-electron chi connectivity index (χ3n) is 4.87. The number of tetrazole rings is 1. The first-order valence-electron chi connectivity index (χ1n) is 9.88. The number of nitriles is 1. The van der Waals surface area contributed by atoms with Crippen molar-refractivity contribution in [3.8, 4) is 34.3 Å². The molecule has 0 saturated heterocycles. The fraction of sp³-hybridized carbons (Fsp3) is 0.136. The first-order valence-corrected chi connectivity index (χ1v) is 9.88. The van der Waals surface area contributed by atoms with Crippen LogP contribution in [-0.4, -0.2) is 45.9 Å². The molecule has 0 spiro atoms. The SMILES string of the molecule is CC(Cn1cnnn1)Oc1cncc(-c2ccc3ncc(-c4ccccc4C#N)n3n2)c1. The summed E-state index contributed by atoms with van der Waals surface area (Å²) < 4.78 is 9.33. The normalized spacial score (nSPS) is 11.9. The number of hydrogen-bond donors (Lipinski definition) is 0. The predicted octanol–water partition coefficient (Wildman–Crippen LogP) is 2.78. The summed E-state index contributed by atoms with van der Waals surface area (Å²) in [6, 6.07) is 15.3. The average molecular weight is 423 g/mol. The molecule has 5 rings (SSSR count). The van der Waals surface area contributed by atoms with Crippen molar-refractivity contribution in [2.75, 3.05) is 0 Å². The Morgan fingerprint density at radius 3 is 2.88 bits per heavy atom. The third kappa shape index (κ3) is 3.75. The summed E-state index contributed by atoms with van der Waals surface area (Å²) >= 11 is 0. The molecule has 4 heterocycles. The largest absolute Gasteiger partial charge is 0.487 e. The standard InChI is InChI=1S/C22H17N9O/c1-15(13-30-14-26-28-29-30)32-18-8-17(10-24-11-18)20-6-7-22-25-12-21(31(22)27-20)19-5-3-2-4-16(19)9-23/h2-8,10-12,14-15H,13H2,1H3. The first-order chi connectivity index (χ1) is 15.7. The van der Waals surface area contributed by atoms with Gasteiger partial charge in [0.25, 0.3) is 0 Å². The van der Waals surface area contributed by atoms with Gasteiger partial charge in [0.1, 0.15) is 18.2 Å². The van der Waals surface area contributed by atoms with Gasteiger partial charge in [0, 0.05) is 17.3 Å². The zero-order chi connectivity index (χ0) is 21.9. The van der Waals surface area contributed by atoms with Crippen molar-refractivity contribution >= 4 is 5.65 Å². The molecule has 0 bridgehead atoms. The maximum Gasteiger partial charge on any atom is 0.154 e. The predicted molar refractivity (Wildman–Crippen MR) is 114 cm³/mol. The molecule has 10 heteroatoms. The summed E-state index contributed by atoms with van der Waals surface area (Å²) in [4.78, 5) is 8.74. The molecule has 0 radical (unpaired) electrons. The fourth-order valence-corrected chi connectivity index (χ4v) is 3.44. The number of imidazole rings is 1. The molecule has 0 aliphatic carbocycles. The second-order valence-corrected chi connectivity index (χ2v) is 7.16. The lowest BCUT2D eigenvalue weighted by atomic mass is 10.1. The Kier molecular flexibility index (Phi) is 4.97. The Labute approximate surface area is 182 Å². The molecule has 5 aromatic rings. The smallest absolute Gasteiger partial charge is 0.154 e. The molecule has 0 aliphatic heterocycles. The van der Waals surface area contributed by atoms with Gasteiger partial charge in [-0.05, 0) is 41.6 Å². The van der Waals surface area contributed by atoms with Crippen LogP contribution < -0.4 is 4.74 Å². The van der Waals surface area contributed by atoms with Crippen LogP contribution in [0.3, 0.4) is 0 Å². The topological polar surface area (TPSA) is 120 Å². The van der Waals surface area contributed by atoms with Crippen molar-refractivity contribution in [1.82, 2.24) is 39.8 Å². The van der Waals surface area contributed by atoms with Crippen LogP contribution in [0, 0.1) is 11.3 Å². The van der Waals surface area contributed by atoms with Crippen molar-refractivity contribution in [1.29, 1.82) is 5.26 Å². The summed E-state index contributed by atoms with van der Waals surface area (Å²) in [6.07, 6.45) is 6.49. The van der Waals surface area contributed by atoms with Crippen LogP contribution in [0.2, 0.25) is 0 Å². The fourth-order valence-electron chi connectivity index (χ4n) is 3.44. The quantitative estimate of drug-likeness (QED) is 0.409. The minimum atomic E-state index is -0.159. The number of hydrogen-bond acceptors (Lipinski definition) is 8. The van der Waals surface area contributed by atoms with E-state index in [1.165, 1.54) is 0 Å². The summed E-state index contributed by atoms with van der Waals surface area (Å²) in [6.45, 7) is 2.45. The van der Waals surface area contributed by atoms with E-state index in [-0.39, 0.29) is 6.10 Å². The van der Waals surface area contributed by atoms with Crippen LogP contribution in [0.4, 0.5) is 0 Å². The summed E-state index contributed by atoms with van der Waals surface area (Å²) in [7, 11) is 0. The molecule has 1 atom stereocenters. The molecule has 0 fully saturated rings. The van der Waals surface area contributed by atoms with E-state index in [0.717, 1.165) is 16.8 Å². The molecule has 0 aliphatic rings. The van der Waals surface area contributed by atoms with E-state index in [2.05, 4.69) is 31.6 Å². The molecule has 0 amide bonds. The van der Waals surface area contributed by atoms with Gasteiger partial charge < -0.3 is 4.74 Å². The van der Waals surface area contributed by atoms with E-state index in [9.17, 15) is 5.26 Å². The Morgan fingerprint density at radius 1 is 1.12 bits per heavy atom. The zero-order valence-corrected chi connectivity index (χ0v) is 17.1. The van der Waals surface area contributed by atoms with Crippen molar-refractivity contribution < 1.29 is 4.74 Å². The lowest BCUT2D eigenvalue weighted by Crippen LogP contribution is -2.20. The zero-order valence-electron chi connectivity index (χ0n) is 17.1. The number of ether oxygens (including phenoxy) is 1. The second kappa shape index (κ2) is 8.23. The van der Waals surface area contributed by atoms with Gasteiger partial charge in [0.05, 0.1) is 42.0 Å². The van der Waals surface area contributed by atoms with Crippen LogP contribution in [0.1, 0.15) is 12.5 Å². The van der Waals surface area contributed by atoms with E-state index in [1.54, 1.807) is 40.2 Å². The molecular formula is C22H17N9O. The summed E-state index contributed by atoms with van der Waals surface area (Å²) in [5.41, 5.74) is 4.28. The first kappa shape index (κ1) is 19.3. The highest BCUT2D eigenvalue weighted by molar-refractivity contribution is 5.70. The Morgan fingerprint density at radius 2 is 2.03 bits per heavy atom. The maximum absolute atomic E-state index is 9.47. The van der Waals surface area contributed by atoms with Crippen molar-refractivity contribution in [3.05, 3.63) is 72.9 Å². The molecular weight excluding hydrogens is 406 g/mol. The van der Waals surface area contributed by atoms with Crippen molar-refractivity contribution in [3.63, 3.8) is 0 Å². The third-order valence-corrected chi connectivity index (χ3v) is 4.87. The summed E-state index contributed by atoms with van der Waals surface area (Å²) in [5.74, 6) is 0.616. The van der Waals surface area contributed by atoms with Crippen LogP contribution in [0.5, 0.6) is 5.75 Å². The number of fused-ring (bicyclic) bond motifs is 1. The number of nitrogens with zero attached hydrogens (tertiary/aromatic N) is 9. The highest BCUT2D eigenvalue weighted by Gasteiger charge is 2.13. The van der Waals surface area contributed by atoms with Gasteiger partial charge >= 0.3 is 0 Å². The highest BCUT2D eigenvalue weighted by Crippen LogP contribution is 2.26. The van der Waals surface area contributed by atoms with Gasteiger partial charge in [-0.3, -0.25) is 4.98 Å². The molecule has 0 saturated carbocycles. The van der Waals surface area contributed by atoms with Gasteiger partial charge in [-0.15, -0.1) is 5.10 Å². The van der Waals surface area contributed by atoms with Gasteiger partial charge in [-0.2, -0.15) is 10.4 Å². The average Bonchev–Trinajstić information content (AvgIpc) is 3.48. The Hall–Kier alpha value is -4.65. The van der Waals surface area contributed by atoms with Gasteiger partial charge in [0.2, 0.25) is 0 Å². The van der Waals surface area contributed by atoms with E-state index >= 15 is 0 Å². The minimum absolute atomic E-state index is 0.159. The van der Waals surface area contributed by atoms with Crippen molar-refractivity contribution in [2.45, 2.75) is 19.6 Å². The molecule has 32 heavy (non-hydrogen) atoms. The number of benzene rings is 1. The molecule has 4 aromatic heterocycles. The lowest BCUT2D eigenvalue weighted by molar-refractivity contribution is 0.192. The second-order valence-electron chi connectivity index (χ2n) is 7.16. The molecule has 0 N–H and O–H groups in total. The van der Waals surface area contributed by atoms with Crippen LogP contribution in [0.25, 0.3) is 28.2 Å². The number of rotatable bonds is 6. The highest BCUT2D eigenvalue weighted by atomic mass is 16.5. The van der Waals surface area contributed by atoms with E-state index in [4.69, 9.17) is 9.84 Å². The van der Waals surface area contributed by atoms with Gasteiger partial charge in [-0.1, -0.05) is 18.2 Å². The van der Waals surface area contributed by atoms with Crippen LogP contribution >= 0.6 is 0 Å².